The predicted molar refractivity (Wildman–Crippen MR) is 110 cm³/mol. The maximum atomic E-state index is 5.69. The van der Waals surface area contributed by atoms with E-state index in [2.05, 4.69) is 47.4 Å². The molecule has 7 heteroatoms. The average Bonchev–Trinajstić information content (AvgIpc) is 3.04. The Bertz CT molecular complexity index is 999. The van der Waals surface area contributed by atoms with Crippen LogP contribution in [0.4, 0.5) is 5.69 Å². The van der Waals surface area contributed by atoms with E-state index in [9.17, 15) is 0 Å². The fourth-order valence-electron chi connectivity index (χ4n) is 2.63. The van der Waals surface area contributed by atoms with Crippen LogP contribution in [0.3, 0.4) is 0 Å². The molecule has 0 radical (unpaired) electrons. The molecule has 0 spiro atoms. The zero-order valence-corrected chi connectivity index (χ0v) is 15.4. The first kappa shape index (κ1) is 17.6. The zero-order valence-electron chi connectivity index (χ0n) is 14.6. The van der Waals surface area contributed by atoms with E-state index in [0.717, 1.165) is 21.8 Å². The maximum Gasteiger partial charge on any atom is 0.223 e. The summed E-state index contributed by atoms with van der Waals surface area (Å²) in [6.45, 7) is 4.19. The van der Waals surface area contributed by atoms with Crippen molar-refractivity contribution in [2.75, 3.05) is 0 Å². The molecule has 0 saturated heterocycles. The van der Waals surface area contributed by atoms with Crippen LogP contribution in [-0.4, -0.2) is 16.9 Å². The van der Waals surface area contributed by atoms with Crippen LogP contribution in [0.1, 0.15) is 11.1 Å². The van der Waals surface area contributed by atoms with Gasteiger partial charge in [0.1, 0.15) is 5.01 Å². The predicted octanol–water partition coefficient (Wildman–Crippen LogP) is 3.31. The smallest absolute Gasteiger partial charge is 0.223 e. The number of thiazole rings is 1. The number of hydrogen-bond acceptors (Lipinski definition) is 3. The van der Waals surface area contributed by atoms with Gasteiger partial charge in [0.2, 0.25) is 5.96 Å². The molecule has 0 saturated carbocycles. The van der Waals surface area contributed by atoms with Gasteiger partial charge in [-0.05, 0) is 31.5 Å². The quantitative estimate of drug-likeness (QED) is 0.488. The fraction of sp³-hybridized carbons (Fsp3) is 0.105. The van der Waals surface area contributed by atoms with Crippen LogP contribution in [0.25, 0.3) is 21.8 Å². The summed E-state index contributed by atoms with van der Waals surface area (Å²) in [6.07, 6.45) is 0. The molecule has 6 nitrogen and oxygen atoms in total. The van der Waals surface area contributed by atoms with Gasteiger partial charge in [-0.2, -0.15) is 4.99 Å². The van der Waals surface area contributed by atoms with E-state index in [4.69, 9.17) is 22.2 Å². The zero-order chi connectivity index (χ0) is 18.7. The first-order chi connectivity index (χ1) is 12.4. The minimum absolute atomic E-state index is 0.0113. The lowest BCUT2D eigenvalue weighted by atomic mass is 10.0. The Labute approximate surface area is 156 Å². The topological polar surface area (TPSA) is 116 Å². The number of nitrogens with zero attached hydrogens (tertiary/aromatic N) is 3. The molecule has 26 heavy (non-hydrogen) atoms. The van der Waals surface area contributed by atoms with Gasteiger partial charge in [0.25, 0.3) is 0 Å². The number of aliphatic imine (C=N–C) groups is 2. The molecule has 0 atom stereocenters. The summed E-state index contributed by atoms with van der Waals surface area (Å²) in [6, 6.07) is 14.0. The van der Waals surface area contributed by atoms with Crippen molar-refractivity contribution in [1.29, 1.82) is 0 Å². The fourth-order valence-corrected chi connectivity index (χ4v) is 3.45. The number of hydrogen-bond donors (Lipinski definition) is 3. The molecular formula is C19H20N6S. The average molecular weight is 364 g/mol. The Hall–Kier alpha value is -3.19. The lowest BCUT2D eigenvalue weighted by Gasteiger charge is -2.03. The van der Waals surface area contributed by atoms with Gasteiger partial charge >= 0.3 is 0 Å². The molecule has 2 aromatic carbocycles. The first-order valence-corrected chi connectivity index (χ1v) is 8.88. The minimum atomic E-state index is -0.125. The van der Waals surface area contributed by atoms with Gasteiger partial charge in [-0.15, -0.1) is 11.3 Å². The van der Waals surface area contributed by atoms with Crippen molar-refractivity contribution in [2.45, 2.75) is 13.8 Å². The number of nitrogens with two attached hydrogens (primary N) is 3. The van der Waals surface area contributed by atoms with Crippen molar-refractivity contribution in [3.8, 4) is 21.8 Å². The highest BCUT2D eigenvalue weighted by molar-refractivity contribution is 7.13. The Morgan fingerprint density at radius 3 is 2.58 bits per heavy atom. The van der Waals surface area contributed by atoms with E-state index in [-0.39, 0.29) is 11.9 Å². The molecule has 0 fully saturated rings. The molecule has 3 aromatic rings. The second-order valence-electron chi connectivity index (χ2n) is 5.91. The van der Waals surface area contributed by atoms with Gasteiger partial charge in [0.05, 0.1) is 11.4 Å². The van der Waals surface area contributed by atoms with Crippen molar-refractivity contribution in [3.63, 3.8) is 0 Å². The molecule has 0 aliphatic carbocycles. The summed E-state index contributed by atoms with van der Waals surface area (Å²) < 4.78 is 0. The van der Waals surface area contributed by atoms with E-state index >= 15 is 0 Å². The third kappa shape index (κ3) is 4.07. The van der Waals surface area contributed by atoms with E-state index in [0.29, 0.717) is 5.69 Å². The maximum absolute atomic E-state index is 5.69. The highest BCUT2D eigenvalue weighted by Gasteiger charge is 2.09. The molecule has 0 bridgehead atoms. The molecule has 1 heterocycles. The van der Waals surface area contributed by atoms with Crippen LogP contribution in [0.5, 0.6) is 0 Å². The number of guanidine groups is 2. The van der Waals surface area contributed by atoms with Crippen LogP contribution in [0.2, 0.25) is 0 Å². The summed E-state index contributed by atoms with van der Waals surface area (Å²) in [5.74, 6) is -0.113. The molecular weight excluding hydrogens is 344 g/mol. The summed E-state index contributed by atoms with van der Waals surface area (Å²) >= 11 is 1.59. The van der Waals surface area contributed by atoms with Crippen LogP contribution >= 0.6 is 11.3 Å². The molecule has 1 aromatic heterocycles. The summed E-state index contributed by atoms with van der Waals surface area (Å²) in [5, 5.41) is 2.98. The van der Waals surface area contributed by atoms with Crippen LogP contribution in [0, 0.1) is 13.8 Å². The Morgan fingerprint density at radius 1 is 1.04 bits per heavy atom. The molecule has 0 amide bonds. The monoisotopic (exact) mass is 364 g/mol. The lowest BCUT2D eigenvalue weighted by molar-refractivity contribution is 1.33. The number of benzene rings is 2. The Balaban J connectivity index is 1.92. The minimum Gasteiger partial charge on any atom is -0.370 e. The third-order valence-corrected chi connectivity index (χ3v) is 4.63. The van der Waals surface area contributed by atoms with E-state index in [1.54, 1.807) is 11.3 Å². The molecule has 0 unspecified atom stereocenters. The second-order valence-corrected chi connectivity index (χ2v) is 6.77. The highest BCUT2D eigenvalue weighted by atomic mass is 32.1. The molecule has 132 valence electrons. The van der Waals surface area contributed by atoms with Crippen LogP contribution in [-0.2, 0) is 0 Å². The van der Waals surface area contributed by atoms with Crippen molar-refractivity contribution >= 4 is 28.9 Å². The van der Waals surface area contributed by atoms with Crippen molar-refractivity contribution < 1.29 is 0 Å². The van der Waals surface area contributed by atoms with Crippen LogP contribution in [0.15, 0.2) is 57.8 Å². The Morgan fingerprint density at radius 2 is 1.85 bits per heavy atom. The molecule has 0 aliphatic rings. The second kappa shape index (κ2) is 7.37. The van der Waals surface area contributed by atoms with Gasteiger partial charge in [-0.1, -0.05) is 35.9 Å². The van der Waals surface area contributed by atoms with Gasteiger partial charge in [-0.3, -0.25) is 0 Å². The molecule has 0 aliphatic heterocycles. The summed E-state index contributed by atoms with van der Waals surface area (Å²) in [5.41, 5.74) is 22.5. The van der Waals surface area contributed by atoms with Gasteiger partial charge in [0.15, 0.2) is 5.96 Å². The van der Waals surface area contributed by atoms with Crippen molar-refractivity contribution in [1.82, 2.24) is 4.98 Å². The van der Waals surface area contributed by atoms with Crippen molar-refractivity contribution in [2.24, 2.45) is 27.2 Å². The number of rotatable bonds is 3. The lowest BCUT2D eigenvalue weighted by Crippen LogP contribution is -2.26. The SMILES string of the molecule is Cc1ccc(-c2csc(-c3cccc(N=C(N)N=C(N)N)c3)n2)c(C)c1. The summed E-state index contributed by atoms with van der Waals surface area (Å²) in [4.78, 5) is 12.7. The van der Waals surface area contributed by atoms with Crippen LogP contribution < -0.4 is 17.2 Å². The number of aryl methyl sites for hydroxylation is 2. The van der Waals surface area contributed by atoms with Crippen molar-refractivity contribution in [3.05, 3.63) is 59.0 Å². The number of aromatic nitrogens is 1. The highest BCUT2D eigenvalue weighted by Crippen LogP contribution is 2.32. The third-order valence-electron chi connectivity index (χ3n) is 3.74. The van der Waals surface area contributed by atoms with Gasteiger partial charge in [0, 0.05) is 16.5 Å². The standard InChI is InChI=1S/C19H20N6S/c1-11-6-7-15(12(2)8-11)16-10-26-17(24-16)13-4-3-5-14(9-13)23-19(22)25-18(20)21/h3-10H,1-2H3,(H6,20,21,22,23,25). The Kier molecular flexibility index (Phi) is 4.99. The normalized spacial score (nSPS) is 11.4. The molecule has 3 rings (SSSR count). The summed E-state index contributed by atoms with van der Waals surface area (Å²) in [7, 11) is 0. The largest absolute Gasteiger partial charge is 0.370 e. The molecule has 6 N–H and O–H groups in total. The van der Waals surface area contributed by atoms with Gasteiger partial charge < -0.3 is 17.2 Å². The first-order valence-electron chi connectivity index (χ1n) is 8.00. The van der Waals surface area contributed by atoms with Gasteiger partial charge in [-0.25, -0.2) is 9.98 Å². The van der Waals surface area contributed by atoms with E-state index in [1.165, 1.54) is 11.1 Å². The van der Waals surface area contributed by atoms with E-state index in [1.807, 2.05) is 24.3 Å². The van der Waals surface area contributed by atoms with E-state index < -0.39 is 0 Å².